The summed E-state index contributed by atoms with van der Waals surface area (Å²) in [7, 11) is 1.73. The van der Waals surface area contributed by atoms with Crippen LogP contribution < -0.4 is 4.74 Å². The predicted octanol–water partition coefficient (Wildman–Crippen LogP) is 2.89. The van der Waals surface area contributed by atoms with Crippen LogP contribution >= 0.6 is 10.7 Å². The first-order valence-electron chi connectivity index (χ1n) is 5.41. The van der Waals surface area contributed by atoms with E-state index in [1.807, 2.05) is 32.0 Å². The highest BCUT2D eigenvalue weighted by Gasteiger charge is 2.13. The summed E-state index contributed by atoms with van der Waals surface area (Å²) >= 11 is 0. The molecule has 0 aliphatic carbocycles. The van der Waals surface area contributed by atoms with Crippen LogP contribution in [-0.4, -0.2) is 20.8 Å². The lowest BCUT2D eigenvalue weighted by Crippen LogP contribution is -2.16. The van der Waals surface area contributed by atoms with Gasteiger partial charge in [-0.05, 0) is 31.0 Å². The zero-order chi connectivity index (χ0) is 13.1. The molecule has 5 heteroatoms. The lowest BCUT2D eigenvalue weighted by molar-refractivity contribution is 0.270. The minimum absolute atomic E-state index is 0.0700. The van der Waals surface area contributed by atoms with Crippen LogP contribution in [0.15, 0.2) is 18.2 Å². The van der Waals surface area contributed by atoms with E-state index in [-0.39, 0.29) is 11.7 Å². The Hall–Kier alpha value is -0.740. The van der Waals surface area contributed by atoms with Crippen LogP contribution in [0.4, 0.5) is 0 Å². The van der Waals surface area contributed by atoms with Crippen molar-refractivity contribution >= 4 is 19.7 Å². The Morgan fingerprint density at radius 2 is 2.00 bits per heavy atom. The summed E-state index contributed by atoms with van der Waals surface area (Å²) in [6.07, 6.45) is 0. The SMILES string of the molecule is Cc1cccc(OCC(C)CS(=O)(=O)Cl)c1C. The van der Waals surface area contributed by atoms with Crippen LogP contribution in [0, 0.1) is 19.8 Å². The molecule has 0 fully saturated rings. The first-order chi connectivity index (χ1) is 7.79. The van der Waals surface area contributed by atoms with Gasteiger partial charge in [0.2, 0.25) is 9.05 Å². The highest BCUT2D eigenvalue weighted by Crippen LogP contribution is 2.21. The lowest BCUT2D eigenvalue weighted by atomic mass is 10.1. The molecule has 3 nitrogen and oxygen atoms in total. The maximum absolute atomic E-state index is 10.9. The Kier molecular flexibility index (Phi) is 4.83. The van der Waals surface area contributed by atoms with Crippen molar-refractivity contribution in [3.05, 3.63) is 29.3 Å². The Morgan fingerprint density at radius 3 is 2.59 bits per heavy atom. The van der Waals surface area contributed by atoms with Crippen molar-refractivity contribution < 1.29 is 13.2 Å². The normalized spacial score (nSPS) is 13.4. The fraction of sp³-hybridized carbons (Fsp3) is 0.500. The van der Waals surface area contributed by atoms with Crippen molar-refractivity contribution in [3.8, 4) is 5.75 Å². The van der Waals surface area contributed by atoms with Gasteiger partial charge in [0.1, 0.15) is 5.75 Å². The smallest absolute Gasteiger partial charge is 0.232 e. The standard InChI is InChI=1S/C12H17ClO3S/c1-9(8-17(13,14)15)7-16-12-6-4-5-10(2)11(12)3/h4-6,9H,7-8H2,1-3H3. The number of aryl methyl sites for hydroxylation is 1. The molecule has 0 aromatic heterocycles. The third-order valence-electron chi connectivity index (χ3n) is 2.56. The van der Waals surface area contributed by atoms with Crippen LogP contribution in [0.5, 0.6) is 5.75 Å². The third kappa shape index (κ3) is 4.96. The van der Waals surface area contributed by atoms with Gasteiger partial charge >= 0.3 is 0 Å². The van der Waals surface area contributed by atoms with Crippen molar-refractivity contribution in [2.75, 3.05) is 12.4 Å². The first kappa shape index (κ1) is 14.3. The number of ether oxygens (including phenoxy) is 1. The van der Waals surface area contributed by atoms with Crippen LogP contribution in [0.1, 0.15) is 18.1 Å². The summed E-state index contributed by atoms with van der Waals surface area (Å²) in [5.74, 6) is 0.598. The van der Waals surface area contributed by atoms with Crippen molar-refractivity contribution in [1.29, 1.82) is 0 Å². The van der Waals surface area contributed by atoms with Crippen LogP contribution in [0.25, 0.3) is 0 Å². The van der Waals surface area contributed by atoms with Crippen molar-refractivity contribution in [3.63, 3.8) is 0 Å². The van der Waals surface area contributed by atoms with Gasteiger partial charge in [-0.2, -0.15) is 0 Å². The highest BCUT2D eigenvalue weighted by atomic mass is 35.7. The number of rotatable bonds is 5. The molecule has 0 radical (unpaired) electrons. The number of hydrogen-bond donors (Lipinski definition) is 0. The van der Waals surface area contributed by atoms with E-state index in [0.717, 1.165) is 16.9 Å². The van der Waals surface area contributed by atoms with E-state index < -0.39 is 9.05 Å². The van der Waals surface area contributed by atoms with Gasteiger partial charge in [-0.25, -0.2) is 8.42 Å². The fourth-order valence-corrected chi connectivity index (χ4v) is 2.92. The van der Waals surface area contributed by atoms with Gasteiger partial charge in [-0.1, -0.05) is 19.1 Å². The van der Waals surface area contributed by atoms with Crippen LogP contribution in [0.2, 0.25) is 0 Å². The second kappa shape index (κ2) is 5.74. The molecule has 0 saturated heterocycles. The summed E-state index contributed by atoms with van der Waals surface area (Å²) in [4.78, 5) is 0. The summed E-state index contributed by atoms with van der Waals surface area (Å²) in [6.45, 7) is 6.13. The molecular formula is C12H17ClO3S. The largest absolute Gasteiger partial charge is 0.493 e. The zero-order valence-electron chi connectivity index (χ0n) is 10.2. The van der Waals surface area contributed by atoms with Gasteiger partial charge < -0.3 is 4.74 Å². The lowest BCUT2D eigenvalue weighted by Gasteiger charge is -2.14. The van der Waals surface area contributed by atoms with E-state index in [1.54, 1.807) is 6.92 Å². The predicted molar refractivity (Wildman–Crippen MR) is 70.2 cm³/mol. The Labute approximate surface area is 107 Å². The molecule has 0 spiro atoms. The van der Waals surface area contributed by atoms with E-state index in [9.17, 15) is 8.42 Å². The van der Waals surface area contributed by atoms with Gasteiger partial charge in [-0.15, -0.1) is 0 Å². The number of hydrogen-bond acceptors (Lipinski definition) is 3. The second-order valence-corrected chi connectivity index (χ2v) is 7.14. The minimum Gasteiger partial charge on any atom is -0.493 e. The molecule has 96 valence electrons. The molecule has 0 heterocycles. The molecule has 1 aromatic carbocycles. The highest BCUT2D eigenvalue weighted by molar-refractivity contribution is 8.13. The summed E-state index contributed by atoms with van der Waals surface area (Å²) in [5.41, 5.74) is 2.23. The van der Waals surface area contributed by atoms with Gasteiger partial charge in [0, 0.05) is 16.6 Å². The van der Waals surface area contributed by atoms with Crippen LogP contribution in [0.3, 0.4) is 0 Å². The maximum Gasteiger partial charge on any atom is 0.232 e. The van der Waals surface area contributed by atoms with Gasteiger partial charge in [0.25, 0.3) is 0 Å². The third-order valence-corrected chi connectivity index (χ3v) is 3.91. The van der Waals surface area contributed by atoms with Crippen molar-refractivity contribution in [1.82, 2.24) is 0 Å². The average molecular weight is 277 g/mol. The van der Waals surface area contributed by atoms with E-state index in [1.165, 1.54) is 0 Å². The Bertz CT molecular complexity index is 483. The minimum atomic E-state index is -3.45. The van der Waals surface area contributed by atoms with Gasteiger partial charge in [0.05, 0.1) is 12.4 Å². The molecule has 17 heavy (non-hydrogen) atoms. The molecule has 0 N–H and O–H groups in total. The molecule has 0 bridgehead atoms. The number of halogens is 1. The monoisotopic (exact) mass is 276 g/mol. The summed E-state index contributed by atoms with van der Waals surface area (Å²) < 4.78 is 27.4. The molecule has 1 aromatic rings. The Morgan fingerprint density at radius 1 is 1.35 bits per heavy atom. The zero-order valence-corrected chi connectivity index (χ0v) is 11.8. The van der Waals surface area contributed by atoms with E-state index >= 15 is 0 Å². The molecule has 0 aliphatic rings. The van der Waals surface area contributed by atoms with E-state index in [0.29, 0.717) is 6.61 Å². The second-order valence-electron chi connectivity index (χ2n) is 4.32. The first-order valence-corrected chi connectivity index (χ1v) is 7.89. The molecular weight excluding hydrogens is 260 g/mol. The quantitative estimate of drug-likeness (QED) is 0.777. The topological polar surface area (TPSA) is 43.4 Å². The summed E-state index contributed by atoms with van der Waals surface area (Å²) in [6, 6.07) is 5.81. The number of benzene rings is 1. The molecule has 1 rings (SSSR count). The summed E-state index contributed by atoms with van der Waals surface area (Å²) in [5, 5.41) is 0. The molecule has 0 amide bonds. The van der Waals surface area contributed by atoms with Crippen molar-refractivity contribution in [2.24, 2.45) is 5.92 Å². The molecule has 0 aliphatic heterocycles. The van der Waals surface area contributed by atoms with Crippen LogP contribution in [-0.2, 0) is 9.05 Å². The van der Waals surface area contributed by atoms with E-state index in [4.69, 9.17) is 15.4 Å². The van der Waals surface area contributed by atoms with Crippen molar-refractivity contribution in [2.45, 2.75) is 20.8 Å². The van der Waals surface area contributed by atoms with E-state index in [2.05, 4.69) is 0 Å². The molecule has 1 atom stereocenters. The Balaban J connectivity index is 2.59. The molecule has 0 saturated carbocycles. The maximum atomic E-state index is 10.9. The molecule has 1 unspecified atom stereocenters. The fourth-order valence-electron chi connectivity index (χ4n) is 1.50. The van der Waals surface area contributed by atoms with Gasteiger partial charge in [0.15, 0.2) is 0 Å². The van der Waals surface area contributed by atoms with Gasteiger partial charge in [-0.3, -0.25) is 0 Å². The average Bonchev–Trinajstić information content (AvgIpc) is 2.18.